The van der Waals surface area contributed by atoms with Gasteiger partial charge in [-0.2, -0.15) is 0 Å². The number of rotatable bonds is 5. The van der Waals surface area contributed by atoms with Crippen LogP contribution in [0.25, 0.3) is 0 Å². The molecule has 0 spiro atoms. The summed E-state index contributed by atoms with van der Waals surface area (Å²) in [4.78, 5) is 11.3. The summed E-state index contributed by atoms with van der Waals surface area (Å²) in [5.41, 5.74) is 0.651. The van der Waals surface area contributed by atoms with Gasteiger partial charge in [0.15, 0.2) is 16.7 Å². The highest BCUT2D eigenvalue weighted by Crippen LogP contribution is 2.52. The fourth-order valence-electron chi connectivity index (χ4n) is 4.82. The molecule has 0 aromatic heterocycles. The lowest BCUT2D eigenvalue weighted by Crippen LogP contribution is -2.55. The molecule has 0 aliphatic carbocycles. The molecule has 2 aromatic carbocycles. The van der Waals surface area contributed by atoms with Crippen molar-refractivity contribution in [1.82, 2.24) is 0 Å². The average Bonchev–Trinajstić information content (AvgIpc) is 2.72. The molecule has 160 valence electrons. The maximum absolute atomic E-state index is 15.2. The van der Waals surface area contributed by atoms with Crippen LogP contribution >= 0.6 is 23.4 Å². The summed E-state index contributed by atoms with van der Waals surface area (Å²) in [6, 6.07) is 9.77. The molecular formula is C23H23ClF2O3S. The minimum absolute atomic E-state index is 0.0129. The second-order valence-electron chi connectivity index (χ2n) is 7.90. The minimum atomic E-state index is -0.655. The van der Waals surface area contributed by atoms with Crippen molar-refractivity contribution in [3.63, 3.8) is 0 Å². The Balaban J connectivity index is 1.76. The fourth-order valence-corrected chi connectivity index (χ4v) is 5.58. The van der Waals surface area contributed by atoms with Crippen LogP contribution in [0.3, 0.4) is 0 Å². The lowest BCUT2D eigenvalue weighted by Gasteiger charge is -2.51. The predicted octanol–water partition coefficient (Wildman–Crippen LogP) is 5.57. The molecule has 0 unspecified atom stereocenters. The highest BCUT2D eigenvalue weighted by molar-refractivity contribution is 8.13. The third-order valence-corrected chi connectivity index (χ3v) is 7.24. The third-order valence-electron chi connectivity index (χ3n) is 6.14. The number of benzene rings is 2. The molecule has 2 aromatic rings. The van der Waals surface area contributed by atoms with E-state index in [1.807, 2.05) is 24.3 Å². The maximum atomic E-state index is 15.2. The number of carbonyl (C=O) groups is 1. The van der Waals surface area contributed by atoms with Crippen LogP contribution in [0.5, 0.6) is 5.75 Å². The van der Waals surface area contributed by atoms with Gasteiger partial charge in [-0.15, -0.1) is 0 Å². The number of halogens is 3. The summed E-state index contributed by atoms with van der Waals surface area (Å²) in [5.74, 6) is -0.525. The molecule has 0 N–H and O–H groups in total. The van der Waals surface area contributed by atoms with Gasteiger partial charge in [0.1, 0.15) is 5.82 Å². The van der Waals surface area contributed by atoms with E-state index in [2.05, 4.69) is 0 Å². The van der Waals surface area contributed by atoms with Gasteiger partial charge in [0.05, 0.1) is 12.7 Å². The maximum Gasteiger partial charge on any atom is 0.185 e. The van der Waals surface area contributed by atoms with Gasteiger partial charge >= 0.3 is 0 Å². The Hall–Kier alpha value is -1.63. The molecule has 1 fully saturated rings. The third kappa shape index (κ3) is 4.10. The van der Waals surface area contributed by atoms with Gasteiger partial charge in [0.2, 0.25) is 0 Å². The van der Waals surface area contributed by atoms with Gasteiger partial charge in [0, 0.05) is 41.2 Å². The molecule has 7 heteroatoms. The van der Waals surface area contributed by atoms with Gasteiger partial charge in [0.25, 0.3) is 0 Å². The number of ether oxygens (including phenoxy) is 2. The van der Waals surface area contributed by atoms with Crippen molar-refractivity contribution in [3.8, 4) is 5.75 Å². The molecule has 2 aliphatic heterocycles. The fraction of sp³-hybridized carbons (Fsp3) is 0.435. The van der Waals surface area contributed by atoms with Crippen molar-refractivity contribution < 1.29 is 23.0 Å². The smallest absolute Gasteiger partial charge is 0.185 e. The SMILES string of the molecule is CC(=O)SCC[C@@H]1OCC[C@@]2(Cc3ccc(Cl)cc3)c3c(F)ccc(F)c3OC[C@@H]12. The normalized spacial score (nSPS) is 25.2. The Kier molecular flexibility index (Phi) is 6.37. The van der Waals surface area contributed by atoms with Crippen LogP contribution in [-0.2, 0) is 21.4 Å². The quantitative estimate of drug-likeness (QED) is 0.594. The molecule has 1 saturated heterocycles. The van der Waals surface area contributed by atoms with Gasteiger partial charge < -0.3 is 9.47 Å². The number of hydrogen-bond acceptors (Lipinski definition) is 4. The lowest BCUT2D eigenvalue weighted by molar-refractivity contribution is -0.109. The largest absolute Gasteiger partial charge is 0.490 e. The van der Waals surface area contributed by atoms with E-state index < -0.39 is 17.0 Å². The van der Waals surface area contributed by atoms with Crippen LogP contribution in [0.1, 0.15) is 30.9 Å². The van der Waals surface area contributed by atoms with Crippen molar-refractivity contribution in [3.05, 3.63) is 64.2 Å². The highest BCUT2D eigenvalue weighted by Gasteiger charge is 2.53. The monoisotopic (exact) mass is 452 g/mol. The van der Waals surface area contributed by atoms with E-state index in [1.165, 1.54) is 24.8 Å². The van der Waals surface area contributed by atoms with Gasteiger partial charge in [-0.1, -0.05) is 35.5 Å². The second kappa shape index (κ2) is 8.85. The summed E-state index contributed by atoms with van der Waals surface area (Å²) < 4.78 is 41.5. The van der Waals surface area contributed by atoms with Crippen LogP contribution in [0.2, 0.25) is 5.02 Å². The van der Waals surface area contributed by atoms with E-state index in [9.17, 15) is 9.18 Å². The summed E-state index contributed by atoms with van der Waals surface area (Å²) in [6.45, 7) is 2.22. The Morgan fingerprint density at radius 3 is 2.67 bits per heavy atom. The lowest BCUT2D eigenvalue weighted by atomic mass is 9.60. The first kappa shape index (κ1) is 21.6. The Bertz CT molecular complexity index is 937. The molecule has 0 saturated carbocycles. The van der Waals surface area contributed by atoms with E-state index in [-0.39, 0.29) is 29.5 Å². The van der Waals surface area contributed by atoms with E-state index in [4.69, 9.17) is 21.1 Å². The molecule has 0 bridgehead atoms. The topological polar surface area (TPSA) is 35.5 Å². The first-order valence-corrected chi connectivity index (χ1v) is 11.4. The number of thioether (sulfide) groups is 1. The second-order valence-corrected chi connectivity index (χ2v) is 9.61. The van der Waals surface area contributed by atoms with E-state index in [0.717, 1.165) is 11.6 Å². The van der Waals surface area contributed by atoms with Crippen LogP contribution < -0.4 is 4.74 Å². The van der Waals surface area contributed by atoms with Gasteiger partial charge in [-0.3, -0.25) is 4.79 Å². The predicted molar refractivity (Wildman–Crippen MR) is 114 cm³/mol. The van der Waals surface area contributed by atoms with Crippen molar-refractivity contribution in [2.45, 2.75) is 37.7 Å². The summed E-state index contributed by atoms with van der Waals surface area (Å²) in [6.07, 6.45) is 1.54. The standard InChI is InChI=1S/C23H23ClF2O3S/c1-14(27)30-11-8-20-17-13-29-22-19(26)7-6-18(25)21(22)23(17,9-10-28-20)12-15-2-4-16(24)5-3-15/h2-7,17,20H,8-13H2,1H3/t17-,20-,23-/m0/s1. The molecule has 0 radical (unpaired) electrons. The molecule has 0 amide bonds. The highest BCUT2D eigenvalue weighted by atomic mass is 35.5. The minimum Gasteiger partial charge on any atom is -0.490 e. The molecule has 2 aliphatic rings. The molecule has 2 heterocycles. The van der Waals surface area contributed by atoms with E-state index >= 15 is 4.39 Å². The first-order valence-electron chi connectivity index (χ1n) is 10.0. The molecule has 3 nitrogen and oxygen atoms in total. The summed E-state index contributed by atoms with van der Waals surface area (Å²) >= 11 is 7.30. The zero-order valence-corrected chi connectivity index (χ0v) is 18.2. The zero-order chi connectivity index (χ0) is 21.3. The van der Waals surface area contributed by atoms with Gasteiger partial charge in [-0.25, -0.2) is 8.78 Å². The zero-order valence-electron chi connectivity index (χ0n) is 16.6. The molecular weight excluding hydrogens is 430 g/mol. The Morgan fingerprint density at radius 1 is 1.20 bits per heavy atom. The van der Waals surface area contributed by atoms with E-state index in [0.29, 0.717) is 42.2 Å². The van der Waals surface area contributed by atoms with Gasteiger partial charge in [-0.05, 0) is 49.1 Å². The van der Waals surface area contributed by atoms with Crippen LogP contribution in [-0.4, -0.2) is 30.2 Å². The van der Waals surface area contributed by atoms with Crippen molar-refractivity contribution in [1.29, 1.82) is 0 Å². The van der Waals surface area contributed by atoms with E-state index in [1.54, 1.807) is 0 Å². The van der Waals surface area contributed by atoms with Crippen molar-refractivity contribution in [2.75, 3.05) is 19.0 Å². The first-order chi connectivity index (χ1) is 14.4. The number of carbonyl (C=O) groups excluding carboxylic acids is 1. The number of fused-ring (bicyclic) bond motifs is 3. The average molecular weight is 453 g/mol. The molecule has 4 rings (SSSR count). The molecule has 30 heavy (non-hydrogen) atoms. The van der Waals surface area contributed by atoms with Crippen LogP contribution in [0.4, 0.5) is 8.78 Å². The van der Waals surface area contributed by atoms with Crippen LogP contribution in [0, 0.1) is 17.6 Å². The summed E-state index contributed by atoms with van der Waals surface area (Å²) in [7, 11) is 0. The van der Waals surface area contributed by atoms with Crippen molar-refractivity contribution in [2.24, 2.45) is 5.92 Å². The van der Waals surface area contributed by atoms with Crippen LogP contribution in [0.15, 0.2) is 36.4 Å². The molecule has 3 atom stereocenters. The Labute approximate surface area is 184 Å². The Morgan fingerprint density at radius 2 is 1.93 bits per heavy atom. The summed E-state index contributed by atoms with van der Waals surface area (Å²) in [5, 5.41) is 0.681. The number of hydrogen-bond donors (Lipinski definition) is 0. The van der Waals surface area contributed by atoms with Crippen molar-refractivity contribution >= 4 is 28.5 Å².